The second-order valence-electron chi connectivity index (χ2n) is 8.79. The number of rotatable bonds is 2. The number of carbonyl (C=O) groups excluding carboxylic acids is 1. The second-order valence-corrected chi connectivity index (χ2v) is 8.79. The van der Waals surface area contributed by atoms with E-state index in [4.69, 9.17) is 14.2 Å². The van der Waals surface area contributed by atoms with Crippen molar-refractivity contribution in [1.29, 1.82) is 0 Å². The number of likely N-dealkylation sites (N-methyl/N-ethyl adjacent to an activating group) is 1. The van der Waals surface area contributed by atoms with Gasteiger partial charge in [-0.1, -0.05) is 6.07 Å². The van der Waals surface area contributed by atoms with Crippen LogP contribution in [0.25, 0.3) is 0 Å². The Hall–Kier alpha value is -1.75. The first-order chi connectivity index (χ1) is 12.2. The maximum atomic E-state index is 13.0. The predicted octanol–water partition coefficient (Wildman–Crippen LogP) is 3.96. The molecule has 3 atom stereocenters. The number of hydrogen-bond donors (Lipinski definition) is 0. The van der Waals surface area contributed by atoms with Gasteiger partial charge in [0.2, 0.25) is 0 Å². The van der Waals surface area contributed by atoms with E-state index in [0.29, 0.717) is 10.4 Å². The average Bonchev–Trinajstić information content (AvgIpc) is 2.58. The lowest BCUT2D eigenvalue weighted by molar-refractivity contribution is -0.875. The zero-order valence-corrected chi connectivity index (χ0v) is 16.9. The van der Waals surface area contributed by atoms with Crippen LogP contribution in [0.4, 0.5) is 4.79 Å². The molecule has 1 fully saturated rings. The van der Waals surface area contributed by atoms with Crippen LogP contribution in [0.2, 0.25) is 0 Å². The standard InChI is InChI=1S/C21H32NO4/c1-21(2,3)26-20(23)22(4)11-7-8-15-12-16-14(13-17(15)22)9-10-18(24-5)19(16)25-6/h9-10,15,17H,7-8,11-13H2,1-6H3/q+1. The van der Waals surface area contributed by atoms with Crippen LogP contribution >= 0.6 is 0 Å². The summed E-state index contributed by atoms with van der Waals surface area (Å²) in [5.41, 5.74) is 2.04. The van der Waals surface area contributed by atoms with Crippen LogP contribution in [0.3, 0.4) is 0 Å². The first kappa shape index (κ1) is 19.0. The number of hydrogen-bond acceptors (Lipinski definition) is 4. The van der Waals surface area contributed by atoms with Gasteiger partial charge in [0, 0.05) is 17.9 Å². The van der Waals surface area contributed by atoms with Gasteiger partial charge in [0.1, 0.15) is 11.6 Å². The number of amides is 1. The molecular formula is C21H32NO4+. The first-order valence-electron chi connectivity index (χ1n) is 9.51. The van der Waals surface area contributed by atoms with Crippen LogP contribution < -0.4 is 9.47 Å². The van der Waals surface area contributed by atoms with Crippen molar-refractivity contribution in [2.24, 2.45) is 5.92 Å². The quantitative estimate of drug-likeness (QED) is 0.747. The van der Waals surface area contributed by atoms with Gasteiger partial charge < -0.3 is 14.2 Å². The number of likely N-dealkylation sites (tertiary alicyclic amines) is 1. The molecule has 3 rings (SSSR count). The molecule has 0 bridgehead atoms. The molecule has 1 amide bonds. The molecule has 2 aliphatic rings. The van der Waals surface area contributed by atoms with Crippen LogP contribution in [0.15, 0.2) is 12.1 Å². The summed E-state index contributed by atoms with van der Waals surface area (Å²) in [6, 6.07) is 4.35. The highest BCUT2D eigenvalue weighted by Gasteiger charge is 2.51. The average molecular weight is 362 g/mol. The molecule has 1 aliphatic heterocycles. The van der Waals surface area contributed by atoms with E-state index in [1.54, 1.807) is 14.2 Å². The molecule has 0 spiro atoms. The molecular weight excluding hydrogens is 330 g/mol. The number of benzene rings is 1. The highest BCUT2D eigenvalue weighted by molar-refractivity contribution is 5.61. The predicted molar refractivity (Wildman–Crippen MR) is 101 cm³/mol. The Bertz CT molecular complexity index is 694. The zero-order chi connectivity index (χ0) is 19.1. The van der Waals surface area contributed by atoms with Gasteiger partial charge in [-0.25, -0.2) is 4.48 Å². The normalized spacial score (nSPS) is 27.9. The van der Waals surface area contributed by atoms with E-state index >= 15 is 0 Å². The van der Waals surface area contributed by atoms with Crippen molar-refractivity contribution in [2.75, 3.05) is 27.8 Å². The van der Waals surface area contributed by atoms with Gasteiger partial charge in [0.25, 0.3) is 0 Å². The summed E-state index contributed by atoms with van der Waals surface area (Å²) in [4.78, 5) is 13.0. The number of quaternary nitrogens is 1. The summed E-state index contributed by atoms with van der Waals surface area (Å²) in [5, 5.41) is 0. The Kier molecular flexibility index (Phi) is 4.95. The Labute approximate surface area is 156 Å². The molecule has 0 radical (unpaired) electrons. The summed E-state index contributed by atoms with van der Waals surface area (Å²) in [5.74, 6) is 2.08. The molecule has 5 heteroatoms. The molecule has 1 aromatic carbocycles. The van der Waals surface area contributed by atoms with E-state index in [1.807, 2.05) is 26.8 Å². The molecule has 26 heavy (non-hydrogen) atoms. The van der Waals surface area contributed by atoms with Crippen LogP contribution in [-0.2, 0) is 17.6 Å². The van der Waals surface area contributed by atoms with Gasteiger partial charge in [0.05, 0.1) is 27.8 Å². The molecule has 1 aromatic rings. The third-order valence-electron chi connectivity index (χ3n) is 5.93. The fourth-order valence-electron chi connectivity index (χ4n) is 4.64. The van der Waals surface area contributed by atoms with Crippen molar-refractivity contribution in [3.63, 3.8) is 0 Å². The van der Waals surface area contributed by atoms with Crippen LogP contribution in [0.5, 0.6) is 11.5 Å². The van der Waals surface area contributed by atoms with Gasteiger partial charge in [-0.3, -0.25) is 0 Å². The summed E-state index contributed by atoms with van der Waals surface area (Å²) >= 11 is 0. The van der Waals surface area contributed by atoms with Gasteiger partial charge in [-0.15, -0.1) is 0 Å². The summed E-state index contributed by atoms with van der Waals surface area (Å²) in [6.07, 6.45) is 3.88. The lowest BCUT2D eigenvalue weighted by Gasteiger charge is -2.48. The van der Waals surface area contributed by atoms with Gasteiger partial charge in [-0.05, 0) is 51.7 Å². The second kappa shape index (κ2) is 6.76. The van der Waals surface area contributed by atoms with Crippen LogP contribution in [0.1, 0.15) is 44.7 Å². The molecule has 144 valence electrons. The first-order valence-corrected chi connectivity index (χ1v) is 9.51. The Morgan fingerprint density at radius 2 is 1.88 bits per heavy atom. The number of carbonyl (C=O) groups is 1. The topological polar surface area (TPSA) is 44.8 Å². The number of nitrogens with zero attached hydrogens (tertiary/aromatic N) is 1. The largest absolute Gasteiger partial charge is 0.516 e. The third kappa shape index (κ3) is 3.29. The van der Waals surface area contributed by atoms with Crippen LogP contribution in [-0.4, -0.2) is 50.0 Å². The SMILES string of the molecule is COc1ccc2c(c1OC)CC1CCC[N+](C)(C(=O)OC(C)(C)C)C1C2. The van der Waals surface area contributed by atoms with Crippen molar-refractivity contribution >= 4 is 6.09 Å². The summed E-state index contributed by atoms with van der Waals surface area (Å²) < 4.78 is 17.3. The van der Waals surface area contributed by atoms with Gasteiger partial charge in [0.15, 0.2) is 11.5 Å². The number of piperidine rings is 1. The third-order valence-corrected chi connectivity index (χ3v) is 5.93. The van der Waals surface area contributed by atoms with Gasteiger partial charge >= 0.3 is 6.09 Å². The fourth-order valence-corrected chi connectivity index (χ4v) is 4.64. The van der Waals surface area contributed by atoms with E-state index in [-0.39, 0.29) is 12.1 Å². The number of fused-ring (bicyclic) bond motifs is 2. The number of ether oxygens (including phenoxy) is 3. The molecule has 1 heterocycles. The minimum absolute atomic E-state index is 0.101. The fraction of sp³-hybridized carbons (Fsp3) is 0.667. The highest BCUT2D eigenvalue weighted by Crippen LogP contribution is 2.44. The maximum absolute atomic E-state index is 13.0. The van der Waals surface area contributed by atoms with Crippen LogP contribution in [0, 0.1) is 5.92 Å². The zero-order valence-electron chi connectivity index (χ0n) is 16.9. The summed E-state index contributed by atoms with van der Waals surface area (Å²) in [7, 11) is 5.43. The maximum Gasteiger partial charge on any atom is 0.516 e. The Balaban J connectivity index is 1.95. The number of methoxy groups -OCH3 is 2. The van der Waals surface area contributed by atoms with E-state index in [1.165, 1.54) is 11.1 Å². The molecule has 0 saturated carbocycles. The summed E-state index contributed by atoms with van der Waals surface area (Å²) in [6.45, 7) is 6.65. The monoisotopic (exact) mass is 362 g/mol. The molecule has 1 saturated heterocycles. The van der Waals surface area contributed by atoms with Crippen molar-refractivity contribution in [1.82, 2.24) is 0 Å². The highest BCUT2D eigenvalue weighted by atomic mass is 16.6. The molecule has 3 unspecified atom stereocenters. The van der Waals surface area contributed by atoms with E-state index in [2.05, 4.69) is 13.1 Å². The van der Waals surface area contributed by atoms with Crippen molar-refractivity contribution in [3.8, 4) is 11.5 Å². The molecule has 5 nitrogen and oxygen atoms in total. The Morgan fingerprint density at radius 3 is 2.50 bits per heavy atom. The van der Waals surface area contributed by atoms with Crippen molar-refractivity contribution < 1.29 is 23.5 Å². The lowest BCUT2D eigenvalue weighted by Crippen LogP contribution is -2.64. The molecule has 0 aromatic heterocycles. The minimum atomic E-state index is -0.464. The van der Waals surface area contributed by atoms with E-state index in [0.717, 1.165) is 43.7 Å². The van der Waals surface area contributed by atoms with Crippen molar-refractivity contribution in [3.05, 3.63) is 23.3 Å². The van der Waals surface area contributed by atoms with E-state index < -0.39 is 5.60 Å². The van der Waals surface area contributed by atoms with E-state index in [9.17, 15) is 4.79 Å². The lowest BCUT2D eigenvalue weighted by atomic mass is 9.74. The smallest absolute Gasteiger partial charge is 0.493 e. The van der Waals surface area contributed by atoms with Gasteiger partial charge in [-0.2, -0.15) is 4.79 Å². The molecule has 1 aliphatic carbocycles. The molecule has 0 N–H and O–H groups in total. The van der Waals surface area contributed by atoms with Crippen molar-refractivity contribution in [2.45, 2.75) is 58.1 Å². The Morgan fingerprint density at radius 1 is 1.15 bits per heavy atom. The minimum Gasteiger partial charge on any atom is -0.493 e.